The first-order chi connectivity index (χ1) is 34.3. The molecule has 0 bridgehead atoms. The minimum Gasteiger partial charge on any atom is -0.485 e. The van der Waals surface area contributed by atoms with Crippen LogP contribution in [0.2, 0.25) is 10.1 Å². The Balaban J connectivity index is 1.21. The molecule has 0 radical (unpaired) electrons. The number of allylic oxidation sites excluding steroid dienone is 3. The van der Waals surface area contributed by atoms with E-state index in [2.05, 4.69) is 264 Å². The molecule has 0 N–H and O–H groups in total. The van der Waals surface area contributed by atoms with E-state index in [4.69, 9.17) is 13.6 Å². The van der Waals surface area contributed by atoms with E-state index in [1.807, 2.05) is 0 Å². The molecule has 0 amide bonds. The maximum atomic E-state index is 13.9. The van der Waals surface area contributed by atoms with Crippen molar-refractivity contribution in [2.45, 2.75) is 124 Å². The normalized spacial score (nSPS) is 14.7. The molecule has 1 aliphatic carbocycles. The Morgan fingerprint density at radius 3 is 1.32 bits per heavy atom. The van der Waals surface area contributed by atoms with Gasteiger partial charge in [0.15, 0.2) is 11.5 Å². The Labute approximate surface area is 435 Å². The number of rotatable bonds is 20. The molecule has 72 heavy (non-hydrogen) atoms. The summed E-state index contributed by atoms with van der Waals surface area (Å²) in [7, 11) is -5.58. The van der Waals surface area contributed by atoms with Gasteiger partial charge in [-0.05, 0) is 94.5 Å². The zero-order valence-corrected chi connectivity index (χ0v) is 47.4. The Morgan fingerprint density at radius 2 is 0.944 bits per heavy atom. The molecule has 7 heteroatoms. The SMILES string of the molecule is CC(C)c1cccc(C(C)C)c1COC1=C(/C=C/c2ccc(N(CCO[Si](c3ccccc3)(c3ccccc3)C(C)(C)C)CCO[Si](c3ccccc3)(c3ccccc3)C(C)(C)C)cc2)CC(C)(C)CC1=O. The molecule has 6 aromatic carbocycles. The van der Waals surface area contributed by atoms with Gasteiger partial charge in [0.1, 0.15) is 6.61 Å². The number of Topliss-reactive ketones (excluding diaryl/α,β-unsaturated/α-hetero) is 1. The lowest BCUT2D eigenvalue weighted by Crippen LogP contribution is -2.67. The van der Waals surface area contributed by atoms with Crippen molar-refractivity contribution in [1.82, 2.24) is 0 Å². The second kappa shape index (κ2) is 23.1. The fraction of sp³-hybridized carbons (Fsp3) is 0.369. The lowest BCUT2D eigenvalue weighted by atomic mass is 9.76. The van der Waals surface area contributed by atoms with E-state index >= 15 is 0 Å². The number of nitrogens with zero attached hydrogens (tertiary/aromatic N) is 1. The van der Waals surface area contributed by atoms with Crippen molar-refractivity contribution in [2.75, 3.05) is 31.2 Å². The van der Waals surface area contributed by atoms with Crippen LogP contribution in [0.5, 0.6) is 0 Å². The van der Waals surface area contributed by atoms with Crippen LogP contribution in [0, 0.1) is 5.41 Å². The quantitative estimate of drug-likeness (QED) is 0.0713. The number of ketones is 1. The number of ether oxygens (including phenoxy) is 1. The van der Waals surface area contributed by atoms with Crippen LogP contribution >= 0.6 is 0 Å². The maximum absolute atomic E-state index is 13.9. The fourth-order valence-corrected chi connectivity index (χ4v) is 20.3. The van der Waals surface area contributed by atoms with Gasteiger partial charge in [-0.25, -0.2) is 0 Å². The molecular weight excluding hydrogens is 915 g/mol. The van der Waals surface area contributed by atoms with E-state index in [1.165, 1.54) is 37.4 Å². The Hall–Kier alpha value is -5.58. The molecule has 0 heterocycles. The molecule has 0 saturated heterocycles. The third kappa shape index (κ3) is 12.1. The van der Waals surface area contributed by atoms with Crippen LogP contribution < -0.4 is 25.6 Å². The number of hydrogen-bond donors (Lipinski definition) is 0. The number of carbonyl (C=O) groups excluding carboxylic acids is 1. The molecule has 0 aliphatic heterocycles. The summed E-state index contributed by atoms with van der Waals surface area (Å²) in [5, 5.41) is 4.80. The van der Waals surface area contributed by atoms with Gasteiger partial charge in [0.25, 0.3) is 16.6 Å². The molecule has 1 aliphatic rings. The molecule has 6 aromatic rings. The molecule has 7 rings (SSSR count). The minimum absolute atomic E-state index is 0.0746. The van der Waals surface area contributed by atoms with Gasteiger partial charge >= 0.3 is 0 Å². The third-order valence-corrected chi connectivity index (χ3v) is 24.7. The van der Waals surface area contributed by atoms with Crippen LogP contribution in [0.25, 0.3) is 6.08 Å². The molecule has 0 aromatic heterocycles. The Bertz CT molecular complexity index is 2540. The van der Waals surface area contributed by atoms with E-state index in [0.717, 1.165) is 23.2 Å². The van der Waals surface area contributed by atoms with E-state index in [0.29, 0.717) is 56.9 Å². The van der Waals surface area contributed by atoms with Crippen molar-refractivity contribution >= 4 is 54.9 Å². The topological polar surface area (TPSA) is 48.0 Å². The zero-order valence-electron chi connectivity index (χ0n) is 45.4. The van der Waals surface area contributed by atoms with Crippen LogP contribution in [0.1, 0.15) is 130 Å². The molecule has 0 atom stereocenters. The highest BCUT2D eigenvalue weighted by atomic mass is 28.4. The molecule has 0 spiro atoms. The zero-order chi connectivity index (χ0) is 51.7. The van der Waals surface area contributed by atoms with Gasteiger partial charge in [-0.2, -0.15) is 0 Å². The van der Waals surface area contributed by atoms with Gasteiger partial charge < -0.3 is 18.5 Å². The highest BCUT2D eigenvalue weighted by Gasteiger charge is 2.51. The van der Waals surface area contributed by atoms with Gasteiger partial charge in [-0.1, -0.05) is 247 Å². The van der Waals surface area contributed by atoms with Crippen LogP contribution in [-0.2, 0) is 25.0 Å². The van der Waals surface area contributed by atoms with Crippen LogP contribution in [0.15, 0.2) is 181 Å². The minimum atomic E-state index is -2.79. The smallest absolute Gasteiger partial charge is 0.261 e. The predicted molar refractivity (Wildman–Crippen MR) is 309 cm³/mol. The largest absolute Gasteiger partial charge is 0.485 e. The summed E-state index contributed by atoms with van der Waals surface area (Å²) in [4.78, 5) is 16.3. The highest BCUT2D eigenvalue weighted by Crippen LogP contribution is 2.41. The molecule has 0 saturated carbocycles. The summed E-state index contributed by atoms with van der Waals surface area (Å²) in [6, 6.07) is 59.0. The lowest BCUT2D eigenvalue weighted by molar-refractivity contribution is -0.122. The average Bonchev–Trinajstić information content (AvgIpc) is 3.35. The number of anilines is 1. The van der Waals surface area contributed by atoms with E-state index in [-0.39, 0.29) is 21.3 Å². The summed E-state index contributed by atoms with van der Waals surface area (Å²) in [6.45, 7) is 30.1. The first-order valence-electron chi connectivity index (χ1n) is 26.3. The number of benzene rings is 6. The Morgan fingerprint density at radius 1 is 0.542 bits per heavy atom. The van der Waals surface area contributed by atoms with Crippen molar-refractivity contribution in [1.29, 1.82) is 0 Å². The summed E-state index contributed by atoms with van der Waals surface area (Å²) >= 11 is 0. The fourth-order valence-electron chi connectivity index (χ4n) is 11.2. The van der Waals surface area contributed by atoms with Crippen molar-refractivity contribution in [3.05, 3.63) is 203 Å². The second-order valence-electron chi connectivity index (χ2n) is 23.2. The summed E-state index contributed by atoms with van der Waals surface area (Å²) in [6.07, 6.45) is 5.48. The van der Waals surface area contributed by atoms with Crippen molar-refractivity contribution in [3.8, 4) is 0 Å². The van der Waals surface area contributed by atoms with Crippen molar-refractivity contribution in [2.24, 2.45) is 5.41 Å². The molecule has 0 fully saturated rings. The van der Waals surface area contributed by atoms with Crippen LogP contribution in [0.3, 0.4) is 0 Å². The maximum Gasteiger partial charge on any atom is 0.261 e. The average molecular weight is 997 g/mol. The monoisotopic (exact) mass is 996 g/mol. The van der Waals surface area contributed by atoms with E-state index in [9.17, 15) is 4.79 Å². The lowest BCUT2D eigenvalue weighted by Gasteiger charge is -2.44. The first-order valence-corrected chi connectivity index (χ1v) is 30.1. The molecule has 378 valence electrons. The Kier molecular flexibility index (Phi) is 17.4. The van der Waals surface area contributed by atoms with Gasteiger partial charge in [0.2, 0.25) is 0 Å². The standard InChI is InChI=1S/C65H81NO4Si2/c1-49(2)58-34-25-35-59(50(3)4)60(58)48-68-62-52(46-65(11,12)47-61(62)67)39-36-51-37-40-53(41-38-51)66(42-44-69-71(63(5,6)7,54-26-17-13-18-27-54)55-28-19-14-20-29-55)43-45-70-72(64(8,9)10,56-30-21-15-22-31-56)57-32-23-16-24-33-57/h13-41,49-50H,42-48H2,1-12H3/b39-36+. The predicted octanol–water partition coefficient (Wildman–Crippen LogP) is 13.8. The highest BCUT2D eigenvalue weighted by molar-refractivity contribution is 7.00. The summed E-state index contributed by atoms with van der Waals surface area (Å²) in [5.74, 6) is 1.27. The number of hydrogen-bond acceptors (Lipinski definition) is 5. The van der Waals surface area contributed by atoms with Crippen molar-refractivity contribution < 1.29 is 18.4 Å². The van der Waals surface area contributed by atoms with Crippen molar-refractivity contribution in [3.63, 3.8) is 0 Å². The molecular formula is C65H81NO4Si2. The van der Waals surface area contributed by atoms with Gasteiger partial charge in [0, 0.05) is 25.2 Å². The van der Waals surface area contributed by atoms with Gasteiger partial charge in [-0.15, -0.1) is 0 Å². The molecule has 0 unspecified atom stereocenters. The van der Waals surface area contributed by atoms with Crippen LogP contribution in [0.4, 0.5) is 5.69 Å². The van der Waals surface area contributed by atoms with Gasteiger partial charge in [0.05, 0.1) is 13.2 Å². The second-order valence-corrected chi connectivity index (χ2v) is 31.9. The number of carbonyl (C=O) groups is 1. The van der Waals surface area contributed by atoms with Crippen LogP contribution in [-0.4, -0.2) is 48.7 Å². The third-order valence-electron chi connectivity index (χ3n) is 14.6. The van der Waals surface area contributed by atoms with E-state index in [1.54, 1.807) is 0 Å². The molecule has 5 nitrogen and oxygen atoms in total. The van der Waals surface area contributed by atoms with Gasteiger partial charge in [-0.3, -0.25) is 4.79 Å². The van der Waals surface area contributed by atoms with E-state index < -0.39 is 16.6 Å². The first kappa shape index (κ1) is 54.2. The summed E-state index contributed by atoms with van der Waals surface area (Å²) in [5.41, 5.74) is 6.70. The summed E-state index contributed by atoms with van der Waals surface area (Å²) < 4.78 is 21.7.